The quantitative estimate of drug-likeness (QED) is 0.748. The highest BCUT2D eigenvalue weighted by Gasteiger charge is 2.13. The van der Waals surface area contributed by atoms with Crippen molar-refractivity contribution in [3.63, 3.8) is 0 Å². The Bertz CT molecular complexity index is 773. The molecule has 3 aromatic rings. The molecule has 2 N–H and O–H groups in total. The van der Waals surface area contributed by atoms with Crippen molar-refractivity contribution in [1.29, 1.82) is 0 Å². The number of aromatic amines is 1. The number of hydrogen-bond donors (Lipinski definition) is 2. The van der Waals surface area contributed by atoms with Gasteiger partial charge in [-0.25, -0.2) is 0 Å². The summed E-state index contributed by atoms with van der Waals surface area (Å²) >= 11 is 11.6. The Balaban J connectivity index is 1.95. The smallest absolute Gasteiger partial charge is 0.272 e. The third-order valence-electron chi connectivity index (χ3n) is 2.86. The van der Waals surface area contributed by atoms with Crippen LogP contribution in [0.15, 0.2) is 42.6 Å². The van der Waals surface area contributed by atoms with Gasteiger partial charge in [-0.2, -0.15) is 0 Å². The van der Waals surface area contributed by atoms with E-state index in [9.17, 15) is 4.79 Å². The summed E-state index contributed by atoms with van der Waals surface area (Å²) in [6.07, 6.45) is 1.71. The molecule has 0 saturated carbocycles. The number of nitrogens with one attached hydrogen (secondary N) is 2. The second kappa shape index (κ2) is 5.15. The van der Waals surface area contributed by atoms with Gasteiger partial charge in [0.05, 0.1) is 16.2 Å². The first-order valence-corrected chi connectivity index (χ1v) is 6.60. The number of rotatable bonds is 2. The van der Waals surface area contributed by atoms with Crippen LogP contribution in [0.3, 0.4) is 0 Å². The Morgan fingerprint density at radius 1 is 1.20 bits per heavy atom. The molecule has 0 fully saturated rings. The van der Waals surface area contributed by atoms with Gasteiger partial charge >= 0.3 is 0 Å². The largest absolute Gasteiger partial charge is 0.340 e. The molecule has 1 amide bonds. The third-order valence-corrected chi connectivity index (χ3v) is 3.56. The van der Waals surface area contributed by atoms with Gasteiger partial charge in [-0.1, -0.05) is 29.3 Å². The molecule has 1 aromatic carbocycles. The second-order valence-corrected chi connectivity index (χ2v) is 4.96. The first-order chi connectivity index (χ1) is 9.65. The summed E-state index contributed by atoms with van der Waals surface area (Å²) in [5, 5.41) is 4.24. The second-order valence-electron chi connectivity index (χ2n) is 4.17. The number of fused-ring (bicyclic) bond motifs is 1. The van der Waals surface area contributed by atoms with Crippen molar-refractivity contribution in [3.05, 3.63) is 58.5 Å². The van der Waals surface area contributed by atoms with Crippen LogP contribution in [-0.2, 0) is 0 Å². The number of carbonyl (C=O) groups excluding carboxylic acids is 1. The number of carbonyl (C=O) groups is 1. The number of anilines is 1. The van der Waals surface area contributed by atoms with Crippen LogP contribution in [0, 0.1) is 0 Å². The van der Waals surface area contributed by atoms with Crippen LogP contribution < -0.4 is 5.32 Å². The lowest BCUT2D eigenvalue weighted by atomic mass is 10.2. The zero-order valence-corrected chi connectivity index (χ0v) is 11.7. The summed E-state index contributed by atoms with van der Waals surface area (Å²) in [7, 11) is 0. The van der Waals surface area contributed by atoms with E-state index < -0.39 is 0 Å². The maximum Gasteiger partial charge on any atom is 0.272 e. The molecule has 0 bridgehead atoms. The number of benzene rings is 1. The van der Waals surface area contributed by atoms with Crippen LogP contribution in [-0.4, -0.2) is 15.9 Å². The number of hydrogen-bond acceptors (Lipinski definition) is 2. The zero-order valence-electron chi connectivity index (χ0n) is 10.2. The number of amides is 1. The number of halogens is 2. The molecule has 2 aromatic heterocycles. The molecule has 0 spiro atoms. The lowest BCUT2D eigenvalue weighted by molar-refractivity contribution is 0.102. The lowest BCUT2D eigenvalue weighted by Crippen LogP contribution is -2.12. The van der Waals surface area contributed by atoms with Gasteiger partial charge in [0, 0.05) is 11.6 Å². The summed E-state index contributed by atoms with van der Waals surface area (Å²) in [5.41, 5.74) is 1.80. The van der Waals surface area contributed by atoms with Crippen molar-refractivity contribution >= 4 is 45.7 Å². The van der Waals surface area contributed by atoms with Gasteiger partial charge in [0.15, 0.2) is 0 Å². The van der Waals surface area contributed by atoms with Gasteiger partial charge in [-0.15, -0.1) is 0 Å². The summed E-state index contributed by atoms with van der Waals surface area (Å²) < 4.78 is 0. The topological polar surface area (TPSA) is 57.8 Å². The fraction of sp³-hybridized carbons (Fsp3) is 0. The average Bonchev–Trinajstić information content (AvgIpc) is 2.79. The van der Waals surface area contributed by atoms with E-state index >= 15 is 0 Å². The number of pyridine rings is 1. The van der Waals surface area contributed by atoms with Gasteiger partial charge in [0.25, 0.3) is 5.91 Å². The molecular weight excluding hydrogens is 297 g/mol. The molecular formula is C14H9Cl2N3O. The molecule has 0 saturated heterocycles. The third kappa shape index (κ3) is 2.35. The highest BCUT2D eigenvalue weighted by Crippen LogP contribution is 2.24. The Morgan fingerprint density at radius 2 is 2.05 bits per heavy atom. The Hall–Kier alpha value is -2.04. The normalized spacial score (nSPS) is 10.7. The van der Waals surface area contributed by atoms with Gasteiger partial charge in [-0.3, -0.25) is 9.78 Å². The van der Waals surface area contributed by atoms with Gasteiger partial charge in [0.1, 0.15) is 10.8 Å². The molecule has 0 aliphatic rings. The number of aromatic nitrogens is 2. The predicted octanol–water partition coefficient (Wildman–Crippen LogP) is 4.12. The van der Waals surface area contributed by atoms with E-state index in [0.29, 0.717) is 16.4 Å². The van der Waals surface area contributed by atoms with Crippen LogP contribution in [0.5, 0.6) is 0 Å². The Labute approximate surface area is 124 Å². The lowest BCUT2D eigenvalue weighted by Gasteiger charge is -2.07. The minimum absolute atomic E-state index is 0.247. The molecule has 3 rings (SSSR count). The van der Waals surface area contributed by atoms with E-state index in [1.807, 2.05) is 30.3 Å². The van der Waals surface area contributed by atoms with E-state index in [-0.39, 0.29) is 11.1 Å². The van der Waals surface area contributed by atoms with Crippen molar-refractivity contribution in [2.75, 3.05) is 5.32 Å². The van der Waals surface area contributed by atoms with E-state index in [2.05, 4.69) is 15.3 Å². The first kappa shape index (κ1) is 13.0. The average molecular weight is 306 g/mol. The molecule has 6 heteroatoms. The molecule has 0 aliphatic heterocycles. The van der Waals surface area contributed by atoms with Crippen molar-refractivity contribution in [3.8, 4) is 0 Å². The van der Waals surface area contributed by atoms with Crippen molar-refractivity contribution < 1.29 is 4.79 Å². The molecule has 0 aliphatic carbocycles. The van der Waals surface area contributed by atoms with Crippen molar-refractivity contribution in [1.82, 2.24) is 9.97 Å². The summed E-state index contributed by atoms with van der Waals surface area (Å²) in [6.45, 7) is 0. The zero-order chi connectivity index (χ0) is 14.1. The molecule has 0 atom stereocenters. The SMILES string of the molecule is O=C(Nc1cccc2ncccc12)c1cc(Cl)c(Cl)[nH]1. The van der Waals surface area contributed by atoms with Gasteiger partial charge in [-0.05, 0) is 30.3 Å². The van der Waals surface area contributed by atoms with Gasteiger partial charge < -0.3 is 10.3 Å². The maximum absolute atomic E-state index is 12.1. The summed E-state index contributed by atoms with van der Waals surface area (Å²) in [5.74, 6) is -0.310. The van der Waals surface area contributed by atoms with E-state index in [4.69, 9.17) is 23.2 Å². The minimum atomic E-state index is -0.310. The molecule has 100 valence electrons. The van der Waals surface area contributed by atoms with E-state index in [0.717, 1.165) is 10.9 Å². The van der Waals surface area contributed by atoms with Crippen molar-refractivity contribution in [2.45, 2.75) is 0 Å². The molecule has 4 nitrogen and oxygen atoms in total. The van der Waals surface area contributed by atoms with Crippen LogP contribution in [0.25, 0.3) is 10.9 Å². The molecule has 20 heavy (non-hydrogen) atoms. The summed E-state index contributed by atoms with van der Waals surface area (Å²) in [4.78, 5) is 19.1. The summed E-state index contributed by atoms with van der Waals surface area (Å²) in [6, 6.07) is 10.7. The monoisotopic (exact) mass is 305 g/mol. The van der Waals surface area contributed by atoms with Crippen LogP contribution in [0.1, 0.15) is 10.5 Å². The first-order valence-electron chi connectivity index (χ1n) is 5.84. The van der Waals surface area contributed by atoms with Crippen molar-refractivity contribution in [2.24, 2.45) is 0 Å². The van der Waals surface area contributed by atoms with Crippen LogP contribution in [0.2, 0.25) is 10.2 Å². The van der Waals surface area contributed by atoms with Gasteiger partial charge in [0.2, 0.25) is 0 Å². The molecule has 0 radical (unpaired) electrons. The maximum atomic E-state index is 12.1. The fourth-order valence-corrected chi connectivity index (χ4v) is 2.24. The van der Waals surface area contributed by atoms with Crippen LogP contribution in [0.4, 0.5) is 5.69 Å². The highest BCUT2D eigenvalue weighted by molar-refractivity contribution is 6.41. The molecule has 2 heterocycles. The van der Waals surface area contributed by atoms with E-state index in [1.54, 1.807) is 6.20 Å². The Morgan fingerprint density at radius 3 is 2.80 bits per heavy atom. The molecule has 0 unspecified atom stereocenters. The number of H-pyrrole nitrogens is 1. The highest BCUT2D eigenvalue weighted by atomic mass is 35.5. The Kier molecular flexibility index (Phi) is 3.34. The minimum Gasteiger partial charge on any atom is -0.340 e. The van der Waals surface area contributed by atoms with Crippen LogP contribution >= 0.6 is 23.2 Å². The fourth-order valence-electron chi connectivity index (χ4n) is 1.93. The predicted molar refractivity (Wildman–Crippen MR) is 80.5 cm³/mol. The standard InChI is InChI=1S/C14H9Cl2N3O/c15-9-7-12(18-13(9)16)14(20)19-11-5-1-4-10-8(11)3-2-6-17-10/h1-7,18H,(H,19,20). The number of nitrogens with zero attached hydrogens (tertiary/aromatic N) is 1. The van der Waals surface area contributed by atoms with E-state index in [1.165, 1.54) is 6.07 Å².